The van der Waals surface area contributed by atoms with E-state index in [-0.39, 0.29) is 0 Å². The van der Waals surface area contributed by atoms with Gasteiger partial charge in [0.1, 0.15) is 0 Å². The van der Waals surface area contributed by atoms with Crippen molar-refractivity contribution in [3.05, 3.63) is 0 Å². The summed E-state index contributed by atoms with van der Waals surface area (Å²) in [6.07, 6.45) is 9.64. The van der Waals surface area contributed by atoms with Gasteiger partial charge in [-0.05, 0) is 76.4 Å². The zero-order valence-electron chi connectivity index (χ0n) is 15.1. The molecule has 1 saturated heterocycles. The highest BCUT2D eigenvalue weighted by atomic mass is 15.2. The molecule has 2 nitrogen and oxygen atoms in total. The van der Waals surface area contributed by atoms with Crippen LogP contribution in [0.1, 0.15) is 72.6 Å². The van der Waals surface area contributed by atoms with Gasteiger partial charge in [0, 0.05) is 11.6 Å². The Hall–Kier alpha value is -0.0800. The molecule has 0 aromatic rings. The molecule has 1 heterocycles. The molecule has 2 aliphatic rings. The summed E-state index contributed by atoms with van der Waals surface area (Å²) in [6, 6.07) is 0.667. The van der Waals surface area contributed by atoms with Crippen LogP contribution in [0.4, 0.5) is 0 Å². The van der Waals surface area contributed by atoms with Crippen LogP contribution in [0.25, 0.3) is 0 Å². The van der Waals surface area contributed by atoms with E-state index in [0.29, 0.717) is 11.6 Å². The van der Waals surface area contributed by atoms with Crippen molar-refractivity contribution in [3.8, 4) is 0 Å². The third-order valence-electron chi connectivity index (χ3n) is 6.96. The van der Waals surface area contributed by atoms with Crippen LogP contribution in [0.5, 0.6) is 0 Å². The molecule has 4 unspecified atom stereocenters. The third kappa shape index (κ3) is 3.32. The lowest BCUT2D eigenvalue weighted by molar-refractivity contribution is 0.0207. The van der Waals surface area contributed by atoms with E-state index in [1.807, 2.05) is 0 Å². The Labute approximate surface area is 133 Å². The predicted octanol–water partition coefficient (Wildman–Crippen LogP) is 4.30. The minimum Gasteiger partial charge on any atom is -0.315 e. The predicted molar refractivity (Wildman–Crippen MR) is 92.6 cm³/mol. The zero-order chi connectivity index (χ0) is 15.5. The fourth-order valence-electron chi connectivity index (χ4n) is 5.33. The summed E-state index contributed by atoms with van der Waals surface area (Å²) in [5.41, 5.74) is 0.385. The SMILES string of the molecule is CCC(CC)(C(NC)C1CCC(C)C(C)C1)N1CCCC1. The average Bonchev–Trinajstić information content (AvgIpc) is 3.02. The maximum Gasteiger partial charge on any atom is 0.0359 e. The number of rotatable bonds is 6. The maximum absolute atomic E-state index is 3.79. The van der Waals surface area contributed by atoms with Gasteiger partial charge in [0.05, 0.1) is 0 Å². The van der Waals surface area contributed by atoms with E-state index in [1.54, 1.807) is 0 Å². The summed E-state index contributed by atoms with van der Waals surface area (Å²) in [5.74, 6) is 2.68. The van der Waals surface area contributed by atoms with E-state index < -0.39 is 0 Å². The van der Waals surface area contributed by atoms with Crippen LogP contribution in [0.15, 0.2) is 0 Å². The molecule has 1 saturated carbocycles. The van der Waals surface area contributed by atoms with Gasteiger partial charge in [0.2, 0.25) is 0 Å². The van der Waals surface area contributed by atoms with Crippen LogP contribution in [-0.4, -0.2) is 36.6 Å². The van der Waals surface area contributed by atoms with E-state index in [1.165, 1.54) is 58.0 Å². The summed E-state index contributed by atoms with van der Waals surface area (Å²) >= 11 is 0. The Morgan fingerprint density at radius 3 is 2.14 bits per heavy atom. The topological polar surface area (TPSA) is 15.3 Å². The molecular formula is C19H38N2. The lowest BCUT2D eigenvalue weighted by Gasteiger charge is -2.51. The highest BCUT2D eigenvalue weighted by Gasteiger charge is 2.45. The van der Waals surface area contributed by atoms with Crippen molar-refractivity contribution in [1.82, 2.24) is 10.2 Å². The van der Waals surface area contributed by atoms with Crippen molar-refractivity contribution in [2.75, 3.05) is 20.1 Å². The quantitative estimate of drug-likeness (QED) is 0.785. The fourth-order valence-corrected chi connectivity index (χ4v) is 5.33. The highest BCUT2D eigenvalue weighted by molar-refractivity contribution is 5.03. The van der Waals surface area contributed by atoms with Gasteiger partial charge in [-0.1, -0.05) is 34.1 Å². The lowest BCUT2D eigenvalue weighted by Crippen LogP contribution is -2.62. The Bertz CT molecular complexity index is 305. The van der Waals surface area contributed by atoms with Crippen molar-refractivity contribution < 1.29 is 0 Å². The molecule has 2 fully saturated rings. The summed E-state index contributed by atoms with van der Waals surface area (Å²) in [4.78, 5) is 2.83. The smallest absolute Gasteiger partial charge is 0.0359 e. The molecule has 1 N–H and O–H groups in total. The molecule has 2 rings (SSSR count). The Kier molecular flexibility index (Phi) is 6.14. The van der Waals surface area contributed by atoms with Gasteiger partial charge in [-0.3, -0.25) is 4.90 Å². The number of nitrogens with one attached hydrogen (secondary N) is 1. The van der Waals surface area contributed by atoms with Crippen LogP contribution in [-0.2, 0) is 0 Å². The minimum atomic E-state index is 0.385. The number of hydrogen-bond acceptors (Lipinski definition) is 2. The van der Waals surface area contributed by atoms with E-state index in [0.717, 1.165) is 17.8 Å². The number of hydrogen-bond donors (Lipinski definition) is 1. The molecule has 0 radical (unpaired) electrons. The first-order valence-electron chi connectivity index (χ1n) is 9.51. The molecule has 1 aliphatic carbocycles. The van der Waals surface area contributed by atoms with Crippen molar-refractivity contribution >= 4 is 0 Å². The van der Waals surface area contributed by atoms with Gasteiger partial charge < -0.3 is 5.32 Å². The van der Waals surface area contributed by atoms with E-state index >= 15 is 0 Å². The second-order valence-electron chi connectivity index (χ2n) is 7.80. The van der Waals surface area contributed by atoms with Gasteiger partial charge in [-0.2, -0.15) is 0 Å². The summed E-state index contributed by atoms with van der Waals surface area (Å²) < 4.78 is 0. The van der Waals surface area contributed by atoms with Crippen molar-refractivity contribution in [2.45, 2.75) is 84.2 Å². The Morgan fingerprint density at radius 2 is 1.67 bits per heavy atom. The first kappa shape index (κ1) is 17.3. The summed E-state index contributed by atoms with van der Waals surface area (Å²) in [5, 5.41) is 3.79. The van der Waals surface area contributed by atoms with Crippen molar-refractivity contribution in [1.29, 1.82) is 0 Å². The van der Waals surface area contributed by atoms with Crippen LogP contribution in [0.3, 0.4) is 0 Å². The molecule has 4 atom stereocenters. The van der Waals surface area contributed by atoms with Gasteiger partial charge in [0.25, 0.3) is 0 Å². The molecule has 1 aliphatic heterocycles. The number of likely N-dealkylation sites (N-methyl/N-ethyl adjacent to an activating group) is 1. The first-order valence-corrected chi connectivity index (χ1v) is 9.51. The highest BCUT2D eigenvalue weighted by Crippen LogP contribution is 2.42. The molecule has 124 valence electrons. The second kappa shape index (κ2) is 7.46. The molecular weight excluding hydrogens is 256 g/mol. The molecule has 0 spiro atoms. The van der Waals surface area contributed by atoms with Gasteiger partial charge >= 0.3 is 0 Å². The molecule has 2 heteroatoms. The Balaban J connectivity index is 2.19. The largest absolute Gasteiger partial charge is 0.315 e. The third-order valence-corrected chi connectivity index (χ3v) is 6.96. The van der Waals surface area contributed by atoms with E-state index in [9.17, 15) is 0 Å². The average molecular weight is 295 g/mol. The van der Waals surface area contributed by atoms with Gasteiger partial charge in [-0.15, -0.1) is 0 Å². The van der Waals surface area contributed by atoms with Crippen LogP contribution in [0, 0.1) is 17.8 Å². The first-order chi connectivity index (χ1) is 10.1. The Morgan fingerprint density at radius 1 is 1.05 bits per heavy atom. The monoisotopic (exact) mass is 294 g/mol. The number of likely N-dealkylation sites (tertiary alicyclic amines) is 1. The van der Waals surface area contributed by atoms with E-state index in [4.69, 9.17) is 0 Å². The second-order valence-corrected chi connectivity index (χ2v) is 7.80. The van der Waals surface area contributed by atoms with Gasteiger partial charge in [0.15, 0.2) is 0 Å². The van der Waals surface area contributed by atoms with Crippen LogP contribution in [0.2, 0.25) is 0 Å². The van der Waals surface area contributed by atoms with Crippen LogP contribution >= 0.6 is 0 Å². The molecule has 21 heavy (non-hydrogen) atoms. The summed E-state index contributed by atoms with van der Waals surface area (Å²) in [6.45, 7) is 12.4. The standard InChI is InChI=1S/C19H38N2/c1-6-19(7-2,21-12-8-9-13-21)18(20-5)17-11-10-15(3)16(4)14-17/h15-18,20H,6-14H2,1-5H3. The zero-order valence-corrected chi connectivity index (χ0v) is 15.1. The van der Waals surface area contributed by atoms with Gasteiger partial charge in [-0.25, -0.2) is 0 Å². The van der Waals surface area contributed by atoms with E-state index in [2.05, 4.69) is 45.0 Å². The lowest BCUT2D eigenvalue weighted by atomic mass is 9.67. The van der Waals surface area contributed by atoms with Crippen LogP contribution < -0.4 is 5.32 Å². The minimum absolute atomic E-state index is 0.385. The van der Waals surface area contributed by atoms with Crippen molar-refractivity contribution in [2.24, 2.45) is 17.8 Å². The molecule has 0 aromatic carbocycles. The molecule has 0 bridgehead atoms. The van der Waals surface area contributed by atoms with Crippen molar-refractivity contribution in [3.63, 3.8) is 0 Å². The molecule has 0 amide bonds. The summed E-state index contributed by atoms with van der Waals surface area (Å²) in [7, 11) is 2.21. The molecule has 0 aromatic heterocycles. The normalized spacial score (nSPS) is 33.3. The fraction of sp³-hybridized carbons (Fsp3) is 1.00. The number of nitrogens with zero attached hydrogens (tertiary/aromatic N) is 1. The maximum atomic E-state index is 3.79.